The topological polar surface area (TPSA) is 63.2 Å². The summed E-state index contributed by atoms with van der Waals surface area (Å²) in [6, 6.07) is 6.66. The van der Waals surface area contributed by atoms with Crippen LogP contribution in [0.4, 0.5) is 0 Å². The monoisotopic (exact) mass is 389 g/mol. The summed E-state index contributed by atoms with van der Waals surface area (Å²) < 4.78 is 6.66. The molecule has 2 N–H and O–H groups in total. The molecule has 2 aromatic rings. The average molecular weight is 390 g/mol. The van der Waals surface area contributed by atoms with Crippen LogP contribution in [0.15, 0.2) is 18.2 Å². The van der Waals surface area contributed by atoms with Gasteiger partial charge in [0.25, 0.3) is 0 Å². The fourth-order valence-corrected chi connectivity index (χ4v) is 4.64. The molecule has 1 amide bonds. The van der Waals surface area contributed by atoms with E-state index < -0.39 is 0 Å². The fourth-order valence-electron chi connectivity index (χ4n) is 3.63. The summed E-state index contributed by atoms with van der Waals surface area (Å²) in [7, 11) is 1.94. The van der Waals surface area contributed by atoms with Crippen molar-refractivity contribution in [3.05, 3.63) is 28.8 Å². The number of ether oxygens (including phenoxy) is 1. The minimum absolute atomic E-state index is 0.115. The lowest BCUT2D eigenvalue weighted by Gasteiger charge is -2.31. The molecule has 3 rings (SSSR count). The van der Waals surface area contributed by atoms with Crippen LogP contribution in [0.1, 0.15) is 49.6 Å². The summed E-state index contributed by atoms with van der Waals surface area (Å²) >= 11 is 1.71. The third kappa shape index (κ3) is 5.50. The van der Waals surface area contributed by atoms with Gasteiger partial charge in [-0.2, -0.15) is 0 Å². The van der Waals surface area contributed by atoms with E-state index in [1.807, 2.05) is 7.05 Å². The summed E-state index contributed by atoms with van der Waals surface area (Å²) in [5.41, 5.74) is 2.37. The standard InChI is InChI=1S/C21H31N3O2S/c1-14(2)16-4-5-17-19(12-16)27-21(24-17)7-6-20(25)23-18(13-22-3)15-8-10-26-11-9-15/h4-5,12,14-15,18,22H,6-11,13H2,1-3H3,(H,23,25). The van der Waals surface area contributed by atoms with Crippen molar-refractivity contribution in [2.24, 2.45) is 5.92 Å². The van der Waals surface area contributed by atoms with Gasteiger partial charge in [0.15, 0.2) is 0 Å². The maximum Gasteiger partial charge on any atom is 0.220 e. The van der Waals surface area contributed by atoms with Crippen LogP contribution in [0, 0.1) is 5.92 Å². The van der Waals surface area contributed by atoms with Crippen molar-refractivity contribution in [1.82, 2.24) is 15.6 Å². The molecule has 6 heteroatoms. The number of hydrogen-bond donors (Lipinski definition) is 2. The number of aryl methyl sites for hydroxylation is 1. The highest BCUT2D eigenvalue weighted by molar-refractivity contribution is 7.18. The fraction of sp³-hybridized carbons (Fsp3) is 0.619. The number of aromatic nitrogens is 1. The molecular weight excluding hydrogens is 358 g/mol. The smallest absolute Gasteiger partial charge is 0.220 e. The van der Waals surface area contributed by atoms with Crippen LogP contribution < -0.4 is 10.6 Å². The summed E-state index contributed by atoms with van der Waals surface area (Å²) in [5, 5.41) is 7.49. The van der Waals surface area contributed by atoms with Crippen LogP contribution in [-0.2, 0) is 16.0 Å². The molecule has 0 saturated carbocycles. The van der Waals surface area contributed by atoms with Crippen LogP contribution in [0.25, 0.3) is 10.2 Å². The van der Waals surface area contributed by atoms with E-state index >= 15 is 0 Å². The molecule has 27 heavy (non-hydrogen) atoms. The minimum Gasteiger partial charge on any atom is -0.381 e. The first-order chi connectivity index (χ1) is 13.1. The first-order valence-corrected chi connectivity index (χ1v) is 10.8. The Bertz CT molecular complexity index is 753. The van der Waals surface area contributed by atoms with E-state index in [1.165, 1.54) is 10.3 Å². The Morgan fingerprint density at radius 3 is 2.81 bits per heavy atom. The Balaban J connectivity index is 1.56. The van der Waals surface area contributed by atoms with E-state index in [2.05, 4.69) is 42.7 Å². The highest BCUT2D eigenvalue weighted by Gasteiger charge is 2.25. The number of likely N-dealkylation sites (N-methyl/N-ethyl adjacent to an activating group) is 1. The molecule has 1 aromatic heterocycles. The molecule has 1 aromatic carbocycles. The van der Waals surface area contributed by atoms with Gasteiger partial charge in [-0.3, -0.25) is 4.79 Å². The Morgan fingerprint density at radius 1 is 1.33 bits per heavy atom. The summed E-state index contributed by atoms with van der Waals surface area (Å²) in [4.78, 5) is 17.2. The van der Waals surface area contributed by atoms with Gasteiger partial charge in [0.05, 0.1) is 15.2 Å². The number of nitrogens with zero attached hydrogens (tertiary/aromatic N) is 1. The Kier molecular flexibility index (Phi) is 7.21. The van der Waals surface area contributed by atoms with Crippen LogP contribution in [-0.4, -0.2) is 43.7 Å². The van der Waals surface area contributed by atoms with Gasteiger partial charge in [-0.15, -0.1) is 11.3 Å². The molecule has 1 aliphatic heterocycles. The number of hydrogen-bond acceptors (Lipinski definition) is 5. The third-order valence-corrected chi connectivity index (χ3v) is 6.37. The second-order valence-corrected chi connectivity index (χ2v) is 8.79. The zero-order valence-corrected chi connectivity index (χ0v) is 17.4. The van der Waals surface area contributed by atoms with E-state index in [0.717, 1.165) is 43.1 Å². The highest BCUT2D eigenvalue weighted by atomic mass is 32.1. The van der Waals surface area contributed by atoms with Crippen LogP contribution >= 0.6 is 11.3 Å². The molecule has 5 nitrogen and oxygen atoms in total. The van der Waals surface area contributed by atoms with E-state index in [1.54, 1.807) is 11.3 Å². The molecule has 1 atom stereocenters. The Morgan fingerprint density at radius 2 is 2.11 bits per heavy atom. The predicted octanol–water partition coefficient (Wildman–Crippen LogP) is 3.48. The summed E-state index contributed by atoms with van der Waals surface area (Å²) in [5.74, 6) is 1.12. The second-order valence-electron chi connectivity index (χ2n) is 7.67. The van der Waals surface area contributed by atoms with E-state index in [-0.39, 0.29) is 11.9 Å². The quantitative estimate of drug-likeness (QED) is 0.725. The molecule has 1 unspecified atom stereocenters. The van der Waals surface area contributed by atoms with Crippen molar-refractivity contribution in [2.45, 2.75) is 51.5 Å². The lowest BCUT2D eigenvalue weighted by atomic mass is 9.91. The van der Waals surface area contributed by atoms with Crippen molar-refractivity contribution >= 4 is 27.5 Å². The third-order valence-electron chi connectivity index (χ3n) is 5.29. The number of carbonyl (C=O) groups excluding carboxylic acids is 1. The second kappa shape index (κ2) is 9.62. The Hall–Kier alpha value is -1.50. The molecule has 0 radical (unpaired) electrons. The first-order valence-electron chi connectivity index (χ1n) is 9.98. The maximum absolute atomic E-state index is 12.5. The van der Waals surface area contributed by atoms with Crippen molar-refractivity contribution in [3.8, 4) is 0 Å². The highest BCUT2D eigenvalue weighted by Crippen LogP contribution is 2.27. The number of carbonyl (C=O) groups is 1. The summed E-state index contributed by atoms with van der Waals surface area (Å²) in [6.45, 7) is 6.80. The molecule has 2 heterocycles. The number of thiazole rings is 1. The van der Waals surface area contributed by atoms with Crippen molar-refractivity contribution in [2.75, 3.05) is 26.8 Å². The lowest BCUT2D eigenvalue weighted by Crippen LogP contribution is -2.47. The van der Waals surface area contributed by atoms with Gasteiger partial charge in [0.2, 0.25) is 5.91 Å². The molecule has 1 saturated heterocycles. The van der Waals surface area contributed by atoms with Gasteiger partial charge >= 0.3 is 0 Å². The van der Waals surface area contributed by atoms with Crippen LogP contribution in [0.3, 0.4) is 0 Å². The van der Waals surface area contributed by atoms with Gasteiger partial charge in [0.1, 0.15) is 0 Å². The van der Waals surface area contributed by atoms with E-state index in [4.69, 9.17) is 9.72 Å². The summed E-state index contributed by atoms with van der Waals surface area (Å²) in [6.07, 6.45) is 3.22. The lowest BCUT2D eigenvalue weighted by molar-refractivity contribution is -0.122. The molecular formula is C21H31N3O2S. The normalized spacial score (nSPS) is 16.7. The molecule has 0 aliphatic carbocycles. The van der Waals surface area contributed by atoms with E-state index in [0.29, 0.717) is 24.7 Å². The van der Waals surface area contributed by atoms with Crippen LogP contribution in [0.5, 0.6) is 0 Å². The van der Waals surface area contributed by atoms with Crippen molar-refractivity contribution < 1.29 is 9.53 Å². The number of benzene rings is 1. The molecule has 1 fully saturated rings. The van der Waals surface area contributed by atoms with E-state index in [9.17, 15) is 4.79 Å². The number of nitrogens with one attached hydrogen (secondary N) is 2. The zero-order chi connectivity index (χ0) is 19.2. The molecule has 1 aliphatic rings. The first kappa shape index (κ1) is 20.2. The Labute approximate surface area is 165 Å². The number of fused-ring (bicyclic) bond motifs is 1. The zero-order valence-electron chi connectivity index (χ0n) is 16.6. The van der Waals surface area contributed by atoms with Gasteiger partial charge in [-0.05, 0) is 49.4 Å². The molecule has 0 spiro atoms. The molecule has 0 bridgehead atoms. The number of rotatable bonds is 8. The predicted molar refractivity (Wildman–Crippen MR) is 111 cm³/mol. The van der Waals surface area contributed by atoms with Crippen LogP contribution in [0.2, 0.25) is 0 Å². The largest absolute Gasteiger partial charge is 0.381 e. The maximum atomic E-state index is 12.5. The number of amides is 1. The van der Waals surface area contributed by atoms with Crippen molar-refractivity contribution in [3.63, 3.8) is 0 Å². The van der Waals surface area contributed by atoms with Gasteiger partial charge in [-0.25, -0.2) is 4.98 Å². The average Bonchev–Trinajstić information content (AvgIpc) is 3.09. The van der Waals surface area contributed by atoms with Gasteiger partial charge in [-0.1, -0.05) is 19.9 Å². The molecule has 148 valence electrons. The van der Waals surface area contributed by atoms with Crippen molar-refractivity contribution in [1.29, 1.82) is 0 Å². The minimum atomic E-state index is 0.115. The van der Waals surface area contributed by atoms with Gasteiger partial charge < -0.3 is 15.4 Å². The SMILES string of the molecule is CNCC(NC(=O)CCc1nc2ccc(C(C)C)cc2s1)C1CCOCC1. The van der Waals surface area contributed by atoms with Gasteiger partial charge in [0, 0.05) is 38.6 Å².